The first-order chi connectivity index (χ1) is 6.68. The van der Waals surface area contributed by atoms with Gasteiger partial charge in [0.25, 0.3) is 0 Å². The molecule has 0 aliphatic heterocycles. The normalized spacial score (nSPS) is 13.6. The first-order valence-electron chi connectivity index (χ1n) is 4.79. The molecule has 1 unspecified atom stereocenters. The highest BCUT2D eigenvalue weighted by Gasteiger charge is 1.98. The summed E-state index contributed by atoms with van der Waals surface area (Å²) in [4.78, 5) is 0. The largest absolute Gasteiger partial charge is 0.255 e. The molecule has 1 aromatic carbocycles. The summed E-state index contributed by atoms with van der Waals surface area (Å²) < 4.78 is 11.5. The van der Waals surface area contributed by atoms with E-state index in [0.717, 1.165) is 11.3 Å². The zero-order valence-electron chi connectivity index (χ0n) is 8.64. The van der Waals surface area contributed by atoms with Crippen molar-refractivity contribution in [3.05, 3.63) is 41.3 Å². The average Bonchev–Trinajstić information content (AvgIpc) is 2.15. The molecule has 0 radical (unpaired) electrons. The maximum absolute atomic E-state index is 11.5. The fourth-order valence-electron chi connectivity index (χ4n) is 1.10. The van der Waals surface area contributed by atoms with Crippen LogP contribution in [0.1, 0.15) is 19.4 Å². The van der Waals surface area contributed by atoms with Gasteiger partial charge in [0.15, 0.2) is 0 Å². The maximum Gasteiger partial charge on any atom is 0.0458 e. The summed E-state index contributed by atoms with van der Waals surface area (Å²) in [6.45, 7) is 4.16. The first kappa shape index (κ1) is 11.2. The molecule has 0 fully saturated rings. The van der Waals surface area contributed by atoms with Crippen LogP contribution in [0.15, 0.2) is 35.7 Å². The van der Waals surface area contributed by atoms with E-state index in [1.165, 1.54) is 0 Å². The van der Waals surface area contributed by atoms with E-state index in [1.54, 1.807) is 5.41 Å². The van der Waals surface area contributed by atoms with Gasteiger partial charge >= 0.3 is 0 Å². The van der Waals surface area contributed by atoms with Gasteiger partial charge < -0.3 is 0 Å². The molecule has 1 aromatic rings. The molecule has 76 valence electrons. The molecule has 14 heavy (non-hydrogen) atoms. The van der Waals surface area contributed by atoms with Gasteiger partial charge in [-0.2, -0.15) is 0 Å². The van der Waals surface area contributed by atoms with Crippen molar-refractivity contribution >= 4 is 16.9 Å². The Morgan fingerprint density at radius 3 is 2.50 bits per heavy atom. The second kappa shape index (κ2) is 5.76. The van der Waals surface area contributed by atoms with Gasteiger partial charge in [0.05, 0.1) is 0 Å². The standard InChI is InChI=1S/C12H16OS/c1-11(2)10-14(13)9-8-12-6-4-3-5-7-12/h3-9,11H,10H2,1-2H3/b9-8+. The molecule has 0 bridgehead atoms. The van der Waals surface area contributed by atoms with E-state index in [0.29, 0.717) is 5.92 Å². The second-order valence-corrected chi connectivity index (χ2v) is 5.02. The highest BCUT2D eigenvalue weighted by molar-refractivity contribution is 7.88. The number of hydrogen-bond acceptors (Lipinski definition) is 1. The third-order valence-corrected chi connectivity index (χ3v) is 3.14. The third-order valence-electron chi connectivity index (χ3n) is 1.71. The summed E-state index contributed by atoms with van der Waals surface area (Å²) in [6, 6.07) is 9.94. The van der Waals surface area contributed by atoms with Crippen LogP contribution in [0.2, 0.25) is 0 Å². The lowest BCUT2D eigenvalue weighted by molar-refractivity contribution is 0.670. The van der Waals surface area contributed by atoms with Gasteiger partial charge in [-0.25, -0.2) is 0 Å². The second-order valence-electron chi connectivity index (χ2n) is 3.65. The summed E-state index contributed by atoms with van der Waals surface area (Å²) in [5.74, 6) is 1.22. The third kappa shape index (κ3) is 4.38. The SMILES string of the molecule is CC(C)CS(=O)/C=C/c1ccccc1. The van der Waals surface area contributed by atoms with Crippen molar-refractivity contribution in [3.63, 3.8) is 0 Å². The molecule has 1 nitrogen and oxygen atoms in total. The minimum Gasteiger partial charge on any atom is -0.255 e. The van der Waals surface area contributed by atoms with Crippen molar-refractivity contribution in [2.24, 2.45) is 5.92 Å². The highest BCUT2D eigenvalue weighted by atomic mass is 32.2. The average molecular weight is 208 g/mol. The van der Waals surface area contributed by atoms with Gasteiger partial charge in [0.1, 0.15) is 0 Å². The van der Waals surface area contributed by atoms with Crippen LogP contribution in [0.25, 0.3) is 6.08 Å². The molecule has 0 aliphatic carbocycles. The number of benzene rings is 1. The van der Waals surface area contributed by atoms with Crippen molar-refractivity contribution in [3.8, 4) is 0 Å². The Morgan fingerprint density at radius 2 is 1.93 bits per heavy atom. The van der Waals surface area contributed by atoms with Gasteiger partial charge in [-0.1, -0.05) is 44.2 Å². The lowest BCUT2D eigenvalue weighted by Gasteiger charge is -1.99. The van der Waals surface area contributed by atoms with Crippen molar-refractivity contribution in [2.45, 2.75) is 13.8 Å². The fraction of sp³-hybridized carbons (Fsp3) is 0.333. The van der Waals surface area contributed by atoms with E-state index in [1.807, 2.05) is 36.4 Å². The van der Waals surface area contributed by atoms with Crippen LogP contribution in [0.5, 0.6) is 0 Å². The van der Waals surface area contributed by atoms with Gasteiger partial charge in [0.2, 0.25) is 0 Å². The Bertz CT molecular complexity index is 314. The summed E-state index contributed by atoms with van der Waals surface area (Å²) in [7, 11) is -0.831. The Hall–Kier alpha value is -0.890. The van der Waals surface area contributed by atoms with E-state index in [2.05, 4.69) is 13.8 Å². The van der Waals surface area contributed by atoms with Crippen LogP contribution in [0.3, 0.4) is 0 Å². The minimum absolute atomic E-state index is 0.483. The van der Waals surface area contributed by atoms with Crippen molar-refractivity contribution < 1.29 is 4.21 Å². The van der Waals surface area contributed by atoms with Crippen molar-refractivity contribution in [1.82, 2.24) is 0 Å². The quantitative estimate of drug-likeness (QED) is 0.743. The fourth-order valence-corrected chi connectivity index (χ4v) is 2.18. The molecular formula is C12H16OS. The molecule has 2 heteroatoms. The van der Waals surface area contributed by atoms with Gasteiger partial charge in [0, 0.05) is 22.0 Å². The van der Waals surface area contributed by atoms with Gasteiger partial charge in [-0.3, -0.25) is 4.21 Å². The topological polar surface area (TPSA) is 17.1 Å². The molecule has 0 aromatic heterocycles. The van der Waals surface area contributed by atoms with Crippen molar-refractivity contribution in [1.29, 1.82) is 0 Å². The Morgan fingerprint density at radius 1 is 1.29 bits per heavy atom. The molecule has 0 heterocycles. The Labute approximate surface area is 88.3 Å². The summed E-state index contributed by atoms with van der Waals surface area (Å²) in [6.07, 6.45) is 1.92. The monoisotopic (exact) mass is 208 g/mol. The number of rotatable bonds is 4. The van der Waals surface area contributed by atoms with Crippen LogP contribution < -0.4 is 0 Å². The zero-order valence-corrected chi connectivity index (χ0v) is 9.46. The van der Waals surface area contributed by atoms with Crippen molar-refractivity contribution in [2.75, 3.05) is 5.75 Å². The number of hydrogen-bond donors (Lipinski definition) is 0. The van der Waals surface area contributed by atoms with Crippen LogP contribution >= 0.6 is 0 Å². The predicted molar refractivity (Wildman–Crippen MR) is 63.3 cm³/mol. The molecule has 0 amide bonds. The minimum atomic E-state index is -0.831. The van der Waals surface area contributed by atoms with E-state index >= 15 is 0 Å². The summed E-state index contributed by atoms with van der Waals surface area (Å²) >= 11 is 0. The smallest absolute Gasteiger partial charge is 0.0458 e. The zero-order chi connectivity index (χ0) is 10.4. The Balaban J connectivity index is 2.52. The van der Waals surface area contributed by atoms with Gasteiger partial charge in [-0.05, 0) is 17.6 Å². The van der Waals surface area contributed by atoms with Crippen LogP contribution in [0, 0.1) is 5.92 Å². The molecule has 0 spiro atoms. The lowest BCUT2D eigenvalue weighted by Crippen LogP contribution is -2.00. The lowest BCUT2D eigenvalue weighted by atomic mass is 10.2. The maximum atomic E-state index is 11.5. The predicted octanol–water partition coefficient (Wildman–Crippen LogP) is 3.06. The van der Waals surface area contributed by atoms with E-state index in [-0.39, 0.29) is 0 Å². The van der Waals surface area contributed by atoms with Crippen LogP contribution in [0.4, 0.5) is 0 Å². The molecule has 0 saturated heterocycles. The molecular weight excluding hydrogens is 192 g/mol. The van der Waals surface area contributed by atoms with E-state index in [9.17, 15) is 4.21 Å². The molecule has 0 aliphatic rings. The molecule has 1 rings (SSSR count). The first-order valence-corrected chi connectivity index (χ1v) is 6.17. The summed E-state index contributed by atoms with van der Waals surface area (Å²) in [5.41, 5.74) is 1.10. The van der Waals surface area contributed by atoms with E-state index in [4.69, 9.17) is 0 Å². The molecule has 1 atom stereocenters. The summed E-state index contributed by atoms with van der Waals surface area (Å²) in [5, 5.41) is 1.77. The van der Waals surface area contributed by atoms with Crippen LogP contribution in [-0.4, -0.2) is 9.96 Å². The molecule has 0 N–H and O–H groups in total. The van der Waals surface area contributed by atoms with E-state index < -0.39 is 10.8 Å². The molecule has 0 saturated carbocycles. The van der Waals surface area contributed by atoms with Crippen LogP contribution in [-0.2, 0) is 10.8 Å². The highest BCUT2D eigenvalue weighted by Crippen LogP contribution is 2.03. The Kier molecular flexibility index (Phi) is 4.60. The van der Waals surface area contributed by atoms with Gasteiger partial charge in [-0.15, -0.1) is 0 Å².